The van der Waals surface area contributed by atoms with Crippen molar-refractivity contribution in [2.24, 2.45) is 18.0 Å². The molecule has 8 heteroatoms. The molecule has 1 N–H and O–H groups in total. The van der Waals surface area contributed by atoms with E-state index in [1.54, 1.807) is 27.1 Å². The molecule has 1 aliphatic rings. The molecule has 0 aromatic carbocycles. The Hall–Kier alpha value is -2.35. The molecule has 1 atom stereocenters. The second-order valence-electron chi connectivity index (χ2n) is 6.92. The normalized spacial score (nSPS) is 16.7. The Morgan fingerprint density at radius 1 is 1.44 bits per heavy atom. The van der Waals surface area contributed by atoms with Crippen molar-refractivity contribution in [2.75, 3.05) is 37.6 Å². The molecule has 2 aromatic rings. The molecule has 0 spiro atoms. The van der Waals surface area contributed by atoms with Gasteiger partial charge in [0.15, 0.2) is 5.96 Å². The van der Waals surface area contributed by atoms with Crippen LogP contribution in [0, 0.1) is 5.92 Å². The number of amides is 1. The van der Waals surface area contributed by atoms with Crippen LogP contribution in [0.2, 0.25) is 0 Å². The van der Waals surface area contributed by atoms with E-state index < -0.39 is 0 Å². The molecule has 0 radical (unpaired) electrons. The Morgan fingerprint density at radius 3 is 2.93 bits per heavy atom. The maximum absolute atomic E-state index is 12.6. The molecule has 7 nitrogen and oxygen atoms in total. The van der Waals surface area contributed by atoms with Crippen LogP contribution in [0.3, 0.4) is 0 Å². The summed E-state index contributed by atoms with van der Waals surface area (Å²) < 4.78 is 1.72. The van der Waals surface area contributed by atoms with Crippen molar-refractivity contribution in [3.05, 3.63) is 34.8 Å². The summed E-state index contributed by atoms with van der Waals surface area (Å²) in [5, 5.41) is 9.61. The van der Waals surface area contributed by atoms with Gasteiger partial charge >= 0.3 is 0 Å². The minimum atomic E-state index is 0.0755. The lowest BCUT2D eigenvalue weighted by atomic mass is 10.1. The van der Waals surface area contributed by atoms with Crippen LogP contribution in [0.5, 0.6) is 0 Å². The first-order chi connectivity index (χ1) is 13.1. The average molecular weight is 389 g/mol. The molecular weight excluding hydrogens is 360 g/mol. The van der Waals surface area contributed by atoms with Gasteiger partial charge in [0.05, 0.1) is 11.9 Å². The molecule has 1 fully saturated rings. The van der Waals surface area contributed by atoms with Gasteiger partial charge in [0, 0.05) is 44.3 Å². The van der Waals surface area contributed by atoms with E-state index in [9.17, 15) is 4.79 Å². The lowest BCUT2D eigenvalue weighted by molar-refractivity contribution is -0.120. The number of aliphatic imine (C=N–C) groups is 1. The van der Waals surface area contributed by atoms with E-state index in [-0.39, 0.29) is 5.91 Å². The molecule has 0 bridgehead atoms. The van der Waals surface area contributed by atoms with Crippen LogP contribution in [0.4, 0.5) is 5.69 Å². The van der Waals surface area contributed by atoms with Gasteiger partial charge in [-0.15, -0.1) is 11.3 Å². The van der Waals surface area contributed by atoms with E-state index in [4.69, 9.17) is 4.99 Å². The summed E-state index contributed by atoms with van der Waals surface area (Å²) in [7, 11) is 1.86. The van der Waals surface area contributed by atoms with Gasteiger partial charge in [-0.25, -0.2) is 0 Å². The van der Waals surface area contributed by atoms with E-state index >= 15 is 0 Å². The highest BCUT2D eigenvalue weighted by atomic mass is 32.1. The number of carbonyl (C=O) groups excluding carboxylic acids is 1. The highest BCUT2D eigenvalue weighted by Crippen LogP contribution is 2.17. The molecule has 146 valence electrons. The number of guanidine groups is 1. The summed E-state index contributed by atoms with van der Waals surface area (Å²) >= 11 is 1.79. The Bertz CT molecular complexity index is 769. The molecule has 1 aliphatic heterocycles. The van der Waals surface area contributed by atoms with E-state index in [1.165, 1.54) is 4.88 Å². The predicted molar refractivity (Wildman–Crippen MR) is 110 cm³/mol. The molecule has 0 saturated carbocycles. The second kappa shape index (κ2) is 9.03. The Morgan fingerprint density at radius 2 is 2.30 bits per heavy atom. The van der Waals surface area contributed by atoms with E-state index in [2.05, 4.69) is 46.7 Å². The number of hydrogen-bond acceptors (Lipinski definition) is 4. The third-order valence-electron chi connectivity index (χ3n) is 4.54. The fourth-order valence-corrected chi connectivity index (χ4v) is 4.05. The number of anilines is 1. The Kier molecular flexibility index (Phi) is 6.49. The minimum Gasteiger partial charge on any atom is -0.357 e. The molecule has 3 heterocycles. The highest BCUT2D eigenvalue weighted by Gasteiger charge is 2.27. The van der Waals surface area contributed by atoms with Crippen LogP contribution in [-0.4, -0.2) is 59.3 Å². The SMILES string of the molecule is CCNC(=NCC(C)Cc1cccs1)N1CCN(c2cnn(C)c2)C(=O)C1. The van der Waals surface area contributed by atoms with Crippen LogP contribution in [0.1, 0.15) is 18.7 Å². The first kappa shape index (κ1) is 19.4. The van der Waals surface area contributed by atoms with Crippen LogP contribution in [-0.2, 0) is 18.3 Å². The van der Waals surface area contributed by atoms with Gasteiger partial charge in [0.2, 0.25) is 5.91 Å². The van der Waals surface area contributed by atoms with E-state index in [0.29, 0.717) is 19.0 Å². The predicted octanol–water partition coefficient (Wildman–Crippen LogP) is 1.97. The van der Waals surface area contributed by atoms with Gasteiger partial charge in [-0.05, 0) is 30.7 Å². The Balaban J connectivity index is 1.60. The van der Waals surface area contributed by atoms with Gasteiger partial charge in [-0.2, -0.15) is 5.10 Å². The lowest BCUT2D eigenvalue weighted by Gasteiger charge is -2.35. The largest absolute Gasteiger partial charge is 0.357 e. The third kappa shape index (κ3) is 5.09. The number of thiophene rings is 1. The number of nitrogens with one attached hydrogen (secondary N) is 1. The van der Waals surface area contributed by atoms with Gasteiger partial charge in [-0.1, -0.05) is 13.0 Å². The van der Waals surface area contributed by atoms with Crippen molar-refractivity contribution in [3.63, 3.8) is 0 Å². The summed E-state index contributed by atoms with van der Waals surface area (Å²) in [5.41, 5.74) is 0.855. The second-order valence-corrected chi connectivity index (χ2v) is 7.95. The van der Waals surface area contributed by atoms with Gasteiger partial charge in [0.25, 0.3) is 0 Å². The quantitative estimate of drug-likeness (QED) is 0.607. The van der Waals surface area contributed by atoms with Gasteiger partial charge < -0.3 is 15.1 Å². The van der Waals surface area contributed by atoms with Crippen molar-refractivity contribution < 1.29 is 4.79 Å². The number of aryl methyl sites for hydroxylation is 1. The smallest absolute Gasteiger partial charge is 0.246 e. The van der Waals surface area contributed by atoms with Crippen molar-refractivity contribution in [1.82, 2.24) is 20.0 Å². The fourth-order valence-electron chi connectivity index (χ4n) is 3.18. The number of nitrogens with zero attached hydrogens (tertiary/aromatic N) is 5. The van der Waals surface area contributed by atoms with Crippen LogP contribution in [0.15, 0.2) is 34.9 Å². The molecule has 27 heavy (non-hydrogen) atoms. The zero-order valence-corrected chi connectivity index (χ0v) is 17.1. The maximum atomic E-state index is 12.6. The van der Waals surface area contributed by atoms with Crippen molar-refractivity contribution in [1.29, 1.82) is 0 Å². The number of aromatic nitrogens is 2. The molecule has 1 amide bonds. The summed E-state index contributed by atoms with van der Waals surface area (Å²) in [4.78, 5) is 22.7. The summed E-state index contributed by atoms with van der Waals surface area (Å²) in [6.45, 7) is 7.54. The molecule has 1 saturated heterocycles. The average Bonchev–Trinajstić information content (AvgIpc) is 3.30. The maximum Gasteiger partial charge on any atom is 0.246 e. The zero-order chi connectivity index (χ0) is 19.2. The first-order valence-electron chi connectivity index (χ1n) is 9.41. The summed E-state index contributed by atoms with van der Waals surface area (Å²) in [5.74, 6) is 1.37. The number of hydrogen-bond donors (Lipinski definition) is 1. The van der Waals surface area contributed by atoms with E-state index in [0.717, 1.165) is 37.7 Å². The minimum absolute atomic E-state index is 0.0755. The zero-order valence-electron chi connectivity index (χ0n) is 16.3. The topological polar surface area (TPSA) is 65.8 Å². The third-order valence-corrected chi connectivity index (χ3v) is 5.44. The van der Waals surface area contributed by atoms with Crippen molar-refractivity contribution in [2.45, 2.75) is 20.3 Å². The first-order valence-corrected chi connectivity index (χ1v) is 10.3. The van der Waals surface area contributed by atoms with Crippen molar-refractivity contribution in [3.8, 4) is 0 Å². The van der Waals surface area contributed by atoms with Crippen LogP contribution < -0.4 is 10.2 Å². The molecule has 2 aromatic heterocycles. The van der Waals surface area contributed by atoms with Gasteiger partial charge in [-0.3, -0.25) is 14.5 Å². The molecular formula is C19H28N6OS. The number of carbonyl (C=O) groups is 1. The number of piperazine rings is 1. The summed E-state index contributed by atoms with van der Waals surface area (Å²) in [6, 6.07) is 4.26. The van der Waals surface area contributed by atoms with Crippen LogP contribution in [0.25, 0.3) is 0 Å². The van der Waals surface area contributed by atoms with Gasteiger partial charge in [0.1, 0.15) is 6.54 Å². The van der Waals surface area contributed by atoms with E-state index in [1.807, 2.05) is 13.2 Å². The molecule has 0 aliphatic carbocycles. The van der Waals surface area contributed by atoms with Crippen molar-refractivity contribution >= 4 is 28.9 Å². The lowest BCUT2D eigenvalue weighted by Crippen LogP contribution is -2.55. The fraction of sp³-hybridized carbons (Fsp3) is 0.526. The monoisotopic (exact) mass is 388 g/mol. The summed E-state index contributed by atoms with van der Waals surface area (Å²) in [6.07, 6.45) is 4.65. The molecule has 3 rings (SSSR count). The standard InChI is InChI=1S/C19H28N6OS/c1-4-20-19(21-11-15(2)10-17-6-5-9-27-17)24-7-8-25(18(26)14-24)16-12-22-23(3)13-16/h5-6,9,12-13,15H,4,7-8,10-11,14H2,1-3H3,(H,20,21). The molecule has 1 unspecified atom stereocenters. The number of rotatable bonds is 6. The van der Waals surface area contributed by atoms with Crippen LogP contribution >= 0.6 is 11.3 Å². The Labute approximate surface area is 164 Å². The highest BCUT2D eigenvalue weighted by molar-refractivity contribution is 7.09.